The van der Waals surface area contributed by atoms with Crippen molar-refractivity contribution in [2.24, 2.45) is 0 Å². The average Bonchev–Trinajstić information content (AvgIpc) is 3.17. The van der Waals surface area contributed by atoms with E-state index >= 15 is 0 Å². The number of fused-ring (bicyclic) bond motifs is 2. The number of furan rings is 1. The van der Waals surface area contributed by atoms with Crippen molar-refractivity contribution in [3.8, 4) is 11.5 Å². The SMILES string of the molecule is COc1ccc2c(c1)OCCN(c1ccc(S(=O)(=O)N[C@@H](C)c3cc4ccccc4o3)cn1)C2. The van der Waals surface area contributed by atoms with Gasteiger partial charge in [-0.3, -0.25) is 0 Å². The van der Waals surface area contributed by atoms with Crippen LogP contribution in [0.15, 0.2) is 76.2 Å². The van der Waals surface area contributed by atoms with Crippen molar-refractivity contribution in [1.82, 2.24) is 9.71 Å². The van der Waals surface area contributed by atoms with Crippen LogP contribution in [0.1, 0.15) is 24.3 Å². The van der Waals surface area contributed by atoms with Gasteiger partial charge in [-0.15, -0.1) is 0 Å². The fourth-order valence-corrected chi connectivity index (χ4v) is 5.12. The van der Waals surface area contributed by atoms with Gasteiger partial charge in [-0.2, -0.15) is 0 Å². The summed E-state index contributed by atoms with van der Waals surface area (Å²) < 4.78 is 45.5. The van der Waals surface area contributed by atoms with Crippen molar-refractivity contribution >= 4 is 26.8 Å². The number of rotatable bonds is 6. The zero-order valence-electron chi connectivity index (χ0n) is 18.9. The Hall–Kier alpha value is -3.56. The number of hydrogen-bond donors (Lipinski definition) is 1. The molecule has 3 heterocycles. The third-order valence-electron chi connectivity index (χ3n) is 5.81. The van der Waals surface area contributed by atoms with Gasteiger partial charge < -0.3 is 18.8 Å². The van der Waals surface area contributed by atoms with Gasteiger partial charge in [0.1, 0.15) is 40.2 Å². The minimum atomic E-state index is -3.79. The summed E-state index contributed by atoms with van der Waals surface area (Å²) >= 11 is 0. The molecule has 0 aliphatic carbocycles. The van der Waals surface area contributed by atoms with E-state index in [4.69, 9.17) is 13.9 Å². The van der Waals surface area contributed by atoms with Gasteiger partial charge in [0, 0.05) is 29.8 Å². The van der Waals surface area contributed by atoms with Crippen LogP contribution in [-0.2, 0) is 16.6 Å². The minimum absolute atomic E-state index is 0.0930. The van der Waals surface area contributed by atoms with Crippen LogP contribution < -0.4 is 19.1 Å². The third kappa shape index (κ3) is 4.44. The lowest BCUT2D eigenvalue weighted by Gasteiger charge is -2.21. The number of para-hydroxylation sites is 1. The Morgan fingerprint density at radius 2 is 1.97 bits per heavy atom. The molecule has 0 saturated heterocycles. The highest BCUT2D eigenvalue weighted by Crippen LogP contribution is 2.30. The molecule has 2 aromatic carbocycles. The summed E-state index contributed by atoms with van der Waals surface area (Å²) in [5.41, 5.74) is 1.73. The van der Waals surface area contributed by atoms with E-state index in [0.29, 0.717) is 31.3 Å². The molecule has 0 spiro atoms. The molecule has 4 aromatic rings. The highest BCUT2D eigenvalue weighted by atomic mass is 32.2. The Kier molecular flexibility index (Phi) is 5.89. The summed E-state index contributed by atoms with van der Waals surface area (Å²) in [6.45, 7) is 3.45. The largest absolute Gasteiger partial charge is 0.497 e. The van der Waals surface area contributed by atoms with E-state index in [1.54, 1.807) is 26.2 Å². The lowest BCUT2D eigenvalue weighted by Crippen LogP contribution is -2.28. The molecule has 0 fully saturated rings. The second kappa shape index (κ2) is 9.00. The summed E-state index contributed by atoms with van der Waals surface area (Å²) in [5.74, 6) is 2.75. The molecule has 0 bridgehead atoms. The zero-order chi connectivity index (χ0) is 23.7. The van der Waals surface area contributed by atoms with Crippen molar-refractivity contribution in [1.29, 1.82) is 0 Å². The highest BCUT2D eigenvalue weighted by Gasteiger charge is 2.23. The maximum atomic E-state index is 13.0. The van der Waals surface area contributed by atoms with Crippen LogP contribution >= 0.6 is 0 Å². The van der Waals surface area contributed by atoms with E-state index in [9.17, 15) is 8.42 Å². The number of nitrogens with zero attached hydrogens (tertiary/aromatic N) is 2. The molecule has 1 aliphatic heterocycles. The van der Waals surface area contributed by atoms with Gasteiger partial charge in [-0.25, -0.2) is 18.1 Å². The molecule has 8 nitrogen and oxygen atoms in total. The number of methoxy groups -OCH3 is 1. The first-order chi connectivity index (χ1) is 16.4. The van der Waals surface area contributed by atoms with Crippen molar-refractivity contribution in [3.63, 3.8) is 0 Å². The van der Waals surface area contributed by atoms with E-state index in [-0.39, 0.29) is 4.90 Å². The molecule has 34 heavy (non-hydrogen) atoms. The number of anilines is 1. The van der Waals surface area contributed by atoms with E-state index in [1.807, 2.05) is 48.5 Å². The number of sulfonamides is 1. The normalized spacial score (nSPS) is 14.8. The Morgan fingerprint density at radius 1 is 1.12 bits per heavy atom. The fourth-order valence-electron chi connectivity index (χ4n) is 3.97. The minimum Gasteiger partial charge on any atom is -0.497 e. The lowest BCUT2D eigenvalue weighted by atomic mass is 10.2. The Morgan fingerprint density at radius 3 is 2.74 bits per heavy atom. The van der Waals surface area contributed by atoms with Crippen LogP contribution in [0.25, 0.3) is 11.0 Å². The zero-order valence-corrected chi connectivity index (χ0v) is 19.7. The highest BCUT2D eigenvalue weighted by molar-refractivity contribution is 7.89. The van der Waals surface area contributed by atoms with Crippen LogP contribution in [-0.4, -0.2) is 33.7 Å². The summed E-state index contributed by atoms with van der Waals surface area (Å²) in [7, 11) is -2.16. The van der Waals surface area contributed by atoms with Crippen LogP contribution in [0.2, 0.25) is 0 Å². The summed E-state index contributed by atoms with van der Waals surface area (Å²) in [4.78, 5) is 6.58. The first-order valence-electron chi connectivity index (χ1n) is 10.9. The number of pyridine rings is 1. The van der Waals surface area contributed by atoms with Crippen molar-refractivity contribution in [2.75, 3.05) is 25.2 Å². The van der Waals surface area contributed by atoms with Gasteiger partial charge in [-0.05, 0) is 43.3 Å². The number of hydrogen-bond acceptors (Lipinski definition) is 7. The van der Waals surface area contributed by atoms with Gasteiger partial charge in [0.15, 0.2) is 0 Å². The molecule has 1 N–H and O–H groups in total. The average molecular weight is 480 g/mol. The van der Waals surface area contributed by atoms with Gasteiger partial charge in [-0.1, -0.05) is 18.2 Å². The molecule has 0 saturated carbocycles. The van der Waals surface area contributed by atoms with Gasteiger partial charge in [0.05, 0.1) is 19.7 Å². The topological polar surface area (TPSA) is 93.9 Å². The molecule has 176 valence electrons. The van der Waals surface area contributed by atoms with E-state index in [0.717, 1.165) is 28.0 Å². The van der Waals surface area contributed by atoms with Crippen LogP contribution in [0.4, 0.5) is 5.82 Å². The maximum Gasteiger partial charge on any atom is 0.242 e. The monoisotopic (exact) mass is 479 g/mol. The second-order valence-corrected chi connectivity index (χ2v) is 9.84. The molecule has 1 atom stereocenters. The Balaban J connectivity index is 1.31. The standard InChI is InChI=1S/C25H25N3O5S/c1-17(23-13-18-5-3-4-6-22(18)33-23)27-34(29,30)21-9-10-25(26-15-21)28-11-12-32-24-14-20(31-2)8-7-19(24)16-28/h3-10,13-15,17,27H,11-12,16H2,1-2H3/t17-/m0/s1. The predicted molar refractivity (Wildman–Crippen MR) is 129 cm³/mol. The van der Waals surface area contributed by atoms with Crippen molar-refractivity contribution < 1.29 is 22.3 Å². The third-order valence-corrected chi connectivity index (χ3v) is 7.34. The number of ether oxygens (including phenoxy) is 2. The van der Waals surface area contributed by atoms with Crippen LogP contribution in [0.3, 0.4) is 0 Å². The van der Waals surface area contributed by atoms with Crippen LogP contribution in [0.5, 0.6) is 11.5 Å². The molecule has 0 unspecified atom stereocenters. The molecule has 0 amide bonds. The molecule has 2 aromatic heterocycles. The number of nitrogens with one attached hydrogen (secondary N) is 1. The molecule has 9 heteroatoms. The van der Waals surface area contributed by atoms with Crippen molar-refractivity contribution in [3.05, 3.63) is 78.2 Å². The second-order valence-electron chi connectivity index (χ2n) is 8.13. The van der Waals surface area contributed by atoms with Crippen molar-refractivity contribution in [2.45, 2.75) is 24.4 Å². The number of aromatic nitrogens is 1. The summed E-state index contributed by atoms with van der Waals surface area (Å²) in [6.07, 6.45) is 1.38. The molecule has 5 rings (SSSR count). The van der Waals surface area contributed by atoms with E-state index in [2.05, 4.69) is 14.6 Å². The molecular weight excluding hydrogens is 454 g/mol. The molecule has 1 aliphatic rings. The van der Waals surface area contributed by atoms with Crippen LogP contribution in [0, 0.1) is 0 Å². The first kappa shape index (κ1) is 22.2. The summed E-state index contributed by atoms with van der Waals surface area (Å²) in [5, 5.41) is 0.927. The van der Waals surface area contributed by atoms with Gasteiger partial charge >= 0.3 is 0 Å². The quantitative estimate of drug-likeness (QED) is 0.441. The maximum absolute atomic E-state index is 13.0. The fraction of sp³-hybridized carbons (Fsp3) is 0.240. The lowest BCUT2D eigenvalue weighted by molar-refractivity contribution is 0.328. The Labute approximate surface area is 198 Å². The number of benzene rings is 2. The Bertz CT molecular complexity index is 1380. The predicted octanol–water partition coefficient (Wildman–Crippen LogP) is 4.27. The molecular formula is C25H25N3O5S. The molecule has 0 radical (unpaired) electrons. The summed E-state index contributed by atoms with van der Waals surface area (Å²) in [6, 6.07) is 17.9. The van der Waals surface area contributed by atoms with E-state index < -0.39 is 16.1 Å². The van der Waals surface area contributed by atoms with E-state index in [1.165, 1.54) is 6.20 Å². The first-order valence-corrected chi connectivity index (χ1v) is 12.4. The van der Waals surface area contributed by atoms with Gasteiger partial charge in [0.2, 0.25) is 10.0 Å². The van der Waals surface area contributed by atoms with Gasteiger partial charge in [0.25, 0.3) is 0 Å². The smallest absolute Gasteiger partial charge is 0.242 e.